The smallest absolute Gasteiger partial charge is 0.404 e. The third kappa shape index (κ3) is 1.47. The fraction of sp³-hybridized carbons (Fsp3) is 0.364. The summed E-state index contributed by atoms with van der Waals surface area (Å²) in [4.78, 5) is 11.7. The quantitative estimate of drug-likeness (QED) is 0.823. The summed E-state index contributed by atoms with van der Waals surface area (Å²) in [5, 5.41) is 2.48. The van der Waals surface area contributed by atoms with Crippen LogP contribution in [0.2, 0.25) is 0 Å². The summed E-state index contributed by atoms with van der Waals surface area (Å²) >= 11 is 0. The largest absolute Gasteiger partial charge is 0.573 e. The fourth-order valence-electron chi connectivity index (χ4n) is 2.25. The van der Waals surface area contributed by atoms with E-state index >= 15 is 0 Å². The van der Waals surface area contributed by atoms with E-state index in [2.05, 4.69) is 10.1 Å². The Kier molecular flexibility index (Phi) is 1.80. The lowest BCUT2D eigenvalue weighted by atomic mass is 9.98. The van der Waals surface area contributed by atoms with Crippen LogP contribution in [0.5, 0.6) is 5.75 Å². The second-order valence-corrected chi connectivity index (χ2v) is 4.26. The Labute approximate surface area is 94.6 Å². The van der Waals surface area contributed by atoms with Crippen molar-refractivity contribution < 1.29 is 22.7 Å². The van der Waals surface area contributed by atoms with Crippen LogP contribution in [0, 0.1) is 0 Å². The van der Waals surface area contributed by atoms with E-state index in [0.717, 1.165) is 0 Å². The van der Waals surface area contributed by atoms with Gasteiger partial charge in [-0.3, -0.25) is 4.79 Å². The first-order valence-corrected chi connectivity index (χ1v) is 5.13. The topological polar surface area (TPSA) is 38.3 Å². The highest BCUT2D eigenvalue weighted by Crippen LogP contribution is 2.57. The van der Waals surface area contributed by atoms with Crippen molar-refractivity contribution in [2.75, 3.05) is 5.32 Å². The number of fused-ring (bicyclic) bond motifs is 2. The summed E-state index contributed by atoms with van der Waals surface area (Å²) in [6.45, 7) is 0. The van der Waals surface area contributed by atoms with Gasteiger partial charge in [0.2, 0.25) is 5.91 Å². The highest BCUT2D eigenvalue weighted by Gasteiger charge is 2.57. The lowest BCUT2D eigenvalue weighted by Crippen LogP contribution is -2.19. The van der Waals surface area contributed by atoms with Crippen molar-refractivity contribution >= 4 is 11.6 Å². The lowest BCUT2D eigenvalue weighted by molar-refractivity contribution is -0.274. The van der Waals surface area contributed by atoms with Crippen LogP contribution >= 0.6 is 0 Å². The average molecular weight is 243 g/mol. The molecule has 1 aromatic carbocycles. The van der Waals surface area contributed by atoms with Crippen molar-refractivity contribution in [3.05, 3.63) is 23.8 Å². The molecule has 1 spiro atoms. The van der Waals surface area contributed by atoms with Crippen LogP contribution < -0.4 is 10.1 Å². The van der Waals surface area contributed by atoms with Crippen molar-refractivity contribution in [1.82, 2.24) is 0 Å². The molecule has 0 unspecified atom stereocenters. The Bertz CT molecular complexity index is 506. The van der Waals surface area contributed by atoms with Gasteiger partial charge in [0.25, 0.3) is 0 Å². The number of ether oxygens (including phenoxy) is 1. The maximum absolute atomic E-state index is 12.2. The molecule has 0 saturated heterocycles. The summed E-state index contributed by atoms with van der Waals surface area (Å²) in [5.74, 6) is -0.571. The second-order valence-electron chi connectivity index (χ2n) is 4.26. The van der Waals surface area contributed by atoms with Crippen LogP contribution in [-0.4, -0.2) is 12.3 Å². The number of carbonyl (C=O) groups is 1. The van der Waals surface area contributed by atoms with E-state index in [0.29, 0.717) is 18.4 Å². The number of halogens is 3. The summed E-state index contributed by atoms with van der Waals surface area (Å²) in [6, 6.07) is 4.34. The number of rotatable bonds is 1. The van der Waals surface area contributed by atoms with Gasteiger partial charge >= 0.3 is 6.36 Å². The monoisotopic (exact) mass is 243 g/mol. The number of hydrogen-bond donors (Lipinski definition) is 1. The normalized spacial score (nSPS) is 20.1. The highest BCUT2D eigenvalue weighted by molar-refractivity contribution is 6.09. The van der Waals surface area contributed by atoms with Gasteiger partial charge < -0.3 is 10.1 Å². The first-order valence-electron chi connectivity index (χ1n) is 5.13. The number of nitrogens with one attached hydrogen (secondary N) is 1. The van der Waals surface area contributed by atoms with Crippen LogP contribution in [0.25, 0.3) is 0 Å². The van der Waals surface area contributed by atoms with E-state index in [1.165, 1.54) is 12.1 Å². The minimum atomic E-state index is -4.75. The molecule has 0 radical (unpaired) electrons. The number of para-hydroxylation sites is 1. The van der Waals surface area contributed by atoms with E-state index in [1.807, 2.05) is 0 Å². The molecule has 90 valence electrons. The third-order valence-electron chi connectivity index (χ3n) is 3.19. The predicted molar refractivity (Wildman–Crippen MR) is 52.7 cm³/mol. The molecule has 2 aliphatic rings. The molecular formula is C11H8F3NO2. The Morgan fingerprint density at radius 3 is 2.59 bits per heavy atom. The summed E-state index contributed by atoms with van der Waals surface area (Å²) in [6.07, 6.45) is -3.39. The number of anilines is 1. The van der Waals surface area contributed by atoms with Gasteiger partial charge in [0.15, 0.2) is 5.75 Å². The number of benzene rings is 1. The SMILES string of the molecule is O=C1Nc2c(OC(F)(F)F)cccc2C12CC2. The molecule has 1 saturated carbocycles. The molecule has 3 nitrogen and oxygen atoms in total. The Morgan fingerprint density at radius 2 is 2.00 bits per heavy atom. The minimum absolute atomic E-state index is 0.160. The van der Waals surface area contributed by atoms with E-state index < -0.39 is 11.8 Å². The fourth-order valence-corrected chi connectivity index (χ4v) is 2.25. The minimum Gasteiger partial charge on any atom is -0.404 e. The number of hydrogen-bond acceptors (Lipinski definition) is 2. The van der Waals surface area contributed by atoms with Crippen molar-refractivity contribution in [2.45, 2.75) is 24.6 Å². The molecule has 1 fully saturated rings. The van der Waals surface area contributed by atoms with E-state index in [9.17, 15) is 18.0 Å². The Hall–Kier alpha value is -1.72. The Morgan fingerprint density at radius 1 is 1.29 bits per heavy atom. The standard InChI is InChI=1S/C11H8F3NO2/c12-11(13,14)17-7-3-1-2-6-8(7)15-9(16)10(6)4-5-10/h1-3H,4-5H2,(H,15,16). The molecule has 0 atom stereocenters. The molecule has 1 aliphatic carbocycles. The van der Waals surface area contributed by atoms with Crippen molar-refractivity contribution in [2.24, 2.45) is 0 Å². The maximum atomic E-state index is 12.2. The lowest BCUT2D eigenvalue weighted by Gasteiger charge is -2.12. The zero-order valence-corrected chi connectivity index (χ0v) is 8.60. The Balaban J connectivity index is 2.05. The van der Waals surface area contributed by atoms with Crippen LogP contribution in [0.3, 0.4) is 0 Å². The van der Waals surface area contributed by atoms with Gasteiger partial charge in [-0.05, 0) is 24.5 Å². The molecular weight excluding hydrogens is 235 g/mol. The zero-order valence-electron chi connectivity index (χ0n) is 8.60. The van der Waals surface area contributed by atoms with Crippen LogP contribution in [0.4, 0.5) is 18.9 Å². The number of alkyl halides is 3. The summed E-state index contributed by atoms with van der Waals surface area (Å²) in [7, 11) is 0. The molecule has 3 rings (SSSR count). The van der Waals surface area contributed by atoms with E-state index in [1.54, 1.807) is 6.07 Å². The molecule has 0 bridgehead atoms. The van der Waals surface area contributed by atoms with Crippen LogP contribution in [-0.2, 0) is 10.2 Å². The average Bonchev–Trinajstić information content (AvgIpc) is 2.93. The molecule has 1 amide bonds. The van der Waals surface area contributed by atoms with Crippen molar-refractivity contribution in [3.63, 3.8) is 0 Å². The van der Waals surface area contributed by atoms with E-state index in [4.69, 9.17) is 0 Å². The van der Waals surface area contributed by atoms with Crippen LogP contribution in [0.1, 0.15) is 18.4 Å². The van der Waals surface area contributed by atoms with E-state index in [-0.39, 0.29) is 17.3 Å². The second kappa shape index (κ2) is 2.94. The van der Waals surface area contributed by atoms with Gasteiger partial charge in [-0.15, -0.1) is 13.2 Å². The third-order valence-corrected chi connectivity index (χ3v) is 3.19. The van der Waals surface area contributed by atoms with Gasteiger partial charge in [0.05, 0.1) is 11.1 Å². The number of carbonyl (C=O) groups excluding carboxylic acids is 1. The zero-order chi connectivity index (χ0) is 12.3. The molecule has 0 aromatic heterocycles. The molecule has 1 heterocycles. The van der Waals surface area contributed by atoms with Gasteiger partial charge in [0, 0.05) is 0 Å². The first-order chi connectivity index (χ1) is 7.92. The van der Waals surface area contributed by atoms with Gasteiger partial charge in [0.1, 0.15) is 0 Å². The molecule has 1 N–H and O–H groups in total. The van der Waals surface area contributed by atoms with Gasteiger partial charge in [-0.2, -0.15) is 0 Å². The molecule has 17 heavy (non-hydrogen) atoms. The highest BCUT2D eigenvalue weighted by atomic mass is 19.4. The molecule has 6 heteroatoms. The summed E-state index contributed by atoms with van der Waals surface area (Å²) in [5.41, 5.74) is 0.178. The molecule has 1 aromatic rings. The van der Waals surface area contributed by atoms with Gasteiger partial charge in [-0.25, -0.2) is 0 Å². The van der Waals surface area contributed by atoms with Gasteiger partial charge in [-0.1, -0.05) is 12.1 Å². The first kappa shape index (κ1) is 10.4. The molecule has 1 aliphatic heterocycles. The van der Waals surface area contributed by atoms with Crippen molar-refractivity contribution in [1.29, 1.82) is 0 Å². The summed E-state index contributed by atoms with van der Waals surface area (Å²) < 4.78 is 40.4. The maximum Gasteiger partial charge on any atom is 0.573 e. The number of amides is 1. The predicted octanol–water partition coefficient (Wildman–Crippen LogP) is 2.57. The van der Waals surface area contributed by atoms with Crippen molar-refractivity contribution in [3.8, 4) is 5.75 Å². The van der Waals surface area contributed by atoms with Crippen LogP contribution in [0.15, 0.2) is 18.2 Å².